The van der Waals surface area contributed by atoms with Crippen LogP contribution in [0.4, 0.5) is 11.4 Å². The fourth-order valence-electron chi connectivity index (χ4n) is 1.68. The molecule has 1 aromatic rings. The molecule has 19 heavy (non-hydrogen) atoms. The number of carboxylic acids is 1. The molecule has 2 N–H and O–H groups in total. The Morgan fingerprint density at radius 1 is 1.58 bits per heavy atom. The van der Waals surface area contributed by atoms with Gasteiger partial charge in [-0.3, -0.25) is 14.9 Å². The minimum Gasteiger partial charge on any atom is -0.481 e. The van der Waals surface area contributed by atoms with Crippen LogP contribution >= 0.6 is 0 Å². The van der Waals surface area contributed by atoms with Crippen molar-refractivity contribution in [3.63, 3.8) is 0 Å². The van der Waals surface area contributed by atoms with Crippen LogP contribution < -0.4 is 5.32 Å². The topological polar surface area (TPSA) is 102 Å². The van der Waals surface area contributed by atoms with Gasteiger partial charge in [-0.2, -0.15) is 0 Å². The van der Waals surface area contributed by atoms with Crippen molar-refractivity contribution in [1.82, 2.24) is 0 Å². The summed E-state index contributed by atoms with van der Waals surface area (Å²) in [6.45, 7) is 1.93. The summed E-state index contributed by atoms with van der Waals surface area (Å²) in [5, 5.41) is 22.5. The van der Waals surface area contributed by atoms with E-state index in [1.165, 1.54) is 13.2 Å². The van der Waals surface area contributed by atoms with E-state index >= 15 is 0 Å². The van der Waals surface area contributed by atoms with E-state index in [1.807, 2.05) is 0 Å². The van der Waals surface area contributed by atoms with Crippen LogP contribution in [-0.2, 0) is 9.53 Å². The second kappa shape index (κ2) is 6.69. The summed E-state index contributed by atoms with van der Waals surface area (Å²) < 4.78 is 5.01. The summed E-state index contributed by atoms with van der Waals surface area (Å²) in [4.78, 5) is 21.0. The molecule has 0 saturated heterocycles. The van der Waals surface area contributed by atoms with Crippen LogP contribution in [0.3, 0.4) is 0 Å². The lowest BCUT2D eigenvalue weighted by Gasteiger charge is -2.16. The molecule has 0 bridgehead atoms. The third kappa shape index (κ3) is 4.22. The zero-order valence-electron chi connectivity index (χ0n) is 10.8. The molecular formula is C12H16N2O5. The summed E-state index contributed by atoms with van der Waals surface area (Å²) in [5.74, 6) is -0.979. The van der Waals surface area contributed by atoms with Gasteiger partial charge in [0.25, 0.3) is 5.69 Å². The van der Waals surface area contributed by atoms with Gasteiger partial charge in [-0.15, -0.1) is 0 Å². The highest BCUT2D eigenvalue weighted by Gasteiger charge is 2.18. The summed E-state index contributed by atoms with van der Waals surface area (Å²) >= 11 is 0. The first-order valence-corrected chi connectivity index (χ1v) is 5.68. The molecule has 104 valence electrons. The summed E-state index contributed by atoms with van der Waals surface area (Å²) in [7, 11) is 1.40. The van der Waals surface area contributed by atoms with E-state index in [1.54, 1.807) is 19.1 Å². The van der Waals surface area contributed by atoms with Gasteiger partial charge in [-0.1, -0.05) is 12.1 Å². The van der Waals surface area contributed by atoms with Gasteiger partial charge in [0.15, 0.2) is 0 Å². The van der Waals surface area contributed by atoms with E-state index in [0.29, 0.717) is 5.69 Å². The summed E-state index contributed by atoms with van der Waals surface area (Å²) in [6.07, 6.45) is -0.708. The summed E-state index contributed by atoms with van der Waals surface area (Å²) in [5.41, 5.74) is 1.07. The van der Waals surface area contributed by atoms with Crippen molar-refractivity contribution in [1.29, 1.82) is 0 Å². The first-order valence-electron chi connectivity index (χ1n) is 5.68. The quantitative estimate of drug-likeness (QED) is 0.577. The van der Waals surface area contributed by atoms with Crippen molar-refractivity contribution >= 4 is 17.3 Å². The number of hydrogen-bond donors (Lipinski definition) is 2. The highest BCUT2D eigenvalue weighted by molar-refractivity contribution is 5.68. The third-order valence-corrected chi connectivity index (χ3v) is 2.69. The number of aryl methyl sites for hydroxylation is 1. The molecule has 0 spiro atoms. The molecule has 1 aromatic carbocycles. The predicted molar refractivity (Wildman–Crippen MR) is 69.4 cm³/mol. The SMILES string of the molecule is COC(CNc1c(C)cccc1[N+](=O)[O-])CC(=O)O. The van der Waals surface area contributed by atoms with Crippen LogP contribution in [0, 0.1) is 17.0 Å². The van der Waals surface area contributed by atoms with Crippen molar-refractivity contribution in [2.75, 3.05) is 19.0 Å². The number of ether oxygens (including phenoxy) is 1. The normalized spacial score (nSPS) is 11.9. The minimum absolute atomic E-state index is 0.0369. The fourth-order valence-corrected chi connectivity index (χ4v) is 1.68. The number of methoxy groups -OCH3 is 1. The zero-order valence-corrected chi connectivity index (χ0v) is 10.8. The zero-order chi connectivity index (χ0) is 14.4. The second-order valence-electron chi connectivity index (χ2n) is 4.06. The maximum atomic E-state index is 10.9. The van der Waals surface area contributed by atoms with Crippen LogP contribution in [0.2, 0.25) is 0 Å². The molecule has 0 amide bonds. The number of carboxylic acid groups (broad SMARTS) is 1. The largest absolute Gasteiger partial charge is 0.481 e. The molecule has 0 fully saturated rings. The predicted octanol–water partition coefficient (Wildman–Crippen LogP) is 1.80. The Hall–Kier alpha value is -2.15. The van der Waals surface area contributed by atoms with Crippen LogP contribution in [0.1, 0.15) is 12.0 Å². The van der Waals surface area contributed by atoms with Gasteiger partial charge < -0.3 is 15.2 Å². The number of para-hydroxylation sites is 1. The molecule has 0 saturated carbocycles. The number of anilines is 1. The van der Waals surface area contributed by atoms with Gasteiger partial charge in [0, 0.05) is 19.7 Å². The Balaban J connectivity index is 2.81. The molecule has 0 aliphatic rings. The van der Waals surface area contributed by atoms with E-state index < -0.39 is 17.0 Å². The van der Waals surface area contributed by atoms with Crippen molar-refractivity contribution < 1.29 is 19.6 Å². The van der Waals surface area contributed by atoms with Gasteiger partial charge in [-0.05, 0) is 12.5 Å². The molecule has 0 aliphatic heterocycles. The van der Waals surface area contributed by atoms with Gasteiger partial charge in [0.05, 0.1) is 17.4 Å². The third-order valence-electron chi connectivity index (χ3n) is 2.69. The van der Waals surface area contributed by atoms with Crippen LogP contribution in [0.5, 0.6) is 0 Å². The average Bonchev–Trinajstić information content (AvgIpc) is 2.34. The number of benzene rings is 1. The molecule has 1 rings (SSSR count). The van der Waals surface area contributed by atoms with Crippen LogP contribution in [-0.4, -0.2) is 35.8 Å². The molecule has 0 radical (unpaired) electrons. The molecule has 7 nitrogen and oxygen atoms in total. The minimum atomic E-state index is -0.979. The highest BCUT2D eigenvalue weighted by atomic mass is 16.6. The van der Waals surface area contributed by atoms with Crippen molar-refractivity contribution in [2.45, 2.75) is 19.4 Å². The van der Waals surface area contributed by atoms with Crippen LogP contribution in [0.25, 0.3) is 0 Å². The fraction of sp³-hybridized carbons (Fsp3) is 0.417. The van der Waals surface area contributed by atoms with Crippen molar-refractivity contribution in [3.8, 4) is 0 Å². The molecule has 0 aliphatic carbocycles. The Kier molecular flexibility index (Phi) is 5.25. The van der Waals surface area contributed by atoms with E-state index in [2.05, 4.69) is 5.32 Å². The number of hydrogen-bond acceptors (Lipinski definition) is 5. The molecular weight excluding hydrogens is 252 g/mol. The lowest BCUT2D eigenvalue weighted by Crippen LogP contribution is -2.25. The summed E-state index contributed by atoms with van der Waals surface area (Å²) in [6, 6.07) is 4.74. The first kappa shape index (κ1) is 14.9. The van der Waals surface area contributed by atoms with E-state index in [4.69, 9.17) is 9.84 Å². The number of rotatable bonds is 7. The first-order chi connectivity index (χ1) is 8.95. The van der Waals surface area contributed by atoms with Crippen molar-refractivity contribution in [3.05, 3.63) is 33.9 Å². The number of nitrogens with one attached hydrogen (secondary N) is 1. The Bertz CT molecular complexity index is 475. The lowest BCUT2D eigenvalue weighted by molar-refractivity contribution is -0.384. The van der Waals surface area contributed by atoms with Crippen LogP contribution in [0.15, 0.2) is 18.2 Å². The monoisotopic (exact) mass is 268 g/mol. The second-order valence-corrected chi connectivity index (χ2v) is 4.06. The molecule has 0 heterocycles. The maximum absolute atomic E-state index is 10.9. The molecule has 0 aromatic heterocycles. The molecule has 7 heteroatoms. The molecule has 1 atom stereocenters. The Morgan fingerprint density at radius 2 is 2.26 bits per heavy atom. The maximum Gasteiger partial charge on any atom is 0.306 e. The van der Waals surface area contributed by atoms with E-state index in [0.717, 1.165) is 5.56 Å². The number of nitro groups is 1. The number of carbonyl (C=O) groups is 1. The van der Waals surface area contributed by atoms with E-state index in [-0.39, 0.29) is 18.7 Å². The van der Waals surface area contributed by atoms with Crippen molar-refractivity contribution in [2.24, 2.45) is 0 Å². The molecule has 1 unspecified atom stereocenters. The Morgan fingerprint density at radius 3 is 2.79 bits per heavy atom. The smallest absolute Gasteiger partial charge is 0.306 e. The van der Waals surface area contributed by atoms with Gasteiger partial charge in [0.1, 0.15) is 5.69 Å². The van der Waals surface area contributed by atoms with Gasteiger partial charge >= 0.3 is 5.97 Å². The Labute approximate surface area is 110 Å². The van der Waals surface area contributed by atoms with Gasteiger partial charge in [0.2, 0.25) is 0 Å². The standard InChI is InChI=1S/C12H16N2O5/c1-8-4-3-5-10(14(17)18)12(8)13-7-9(19-2)6-11(15)16/h3-5,9,13H,6-7H2,1-2H3,(H,15,16). The lowest BCUT2D eigenvalue weighted by atomic mass is 10.1. The van der Waals surface area contributed by atoms with Gasteiger partial charge in [-0.25, -0.2) is 0 Å². The average molecular weight is 268 g/mol. The highest BCUT2D eigenvalue weighted by Crippen LogP contribution is 2.27. The number of nitrogens with zero attached hydrogens (tertiary/aromatic N) is 1. The van der Waals surface area contributed by atoms with E-state index in [9.17, 15) is 14.9 Å². The number of nitro benzene ring substituents is 1. The number of aliphatic carboxylic acids is 1.